The first kappa shape index (κ1) is 22.5. The molecule has 2 aromatic carbocycles. The average molecular weight is 460 g/mol. The molecule has 0 unspecified atom stereocenters. The van der Waals surface area contributed by atoms with Crippen LogP contribution in [-0.4, -0.2) is 24.5 Å². The number of furan rings is 1. The molecule has 0 bridgehead atoms. The Balaban J connectivity index is 1.48. The predicted octanol–water partition coefficient (Wildman–Crippen LogP) is 3.54. The summed E-state index contributed by atoms with van der Waals surface area (Å²) in [7, 11) is 0. The maximum absolute atomic E-state index is 12.9. The first-order chi connectivity index (χ1) is 16.4. The van der Waals surface area contributed by atoms with E-state index in [1.54, 1.807) is 37.3 Å². The number of carbonyl (C=O) groups is 3. The van der Waals surface area contributed by atoms with Gasteiger partial charge in [-0.1, -0.05) is 36.4 Å². The van der Waals surface area contributed by atoms with Crippen molar-refractivity contribution in [1.82, 2.24) is 10.6 Å². The van der Waals surface area contributed by atoms with E-state index in [1.165, 1.54) is 18.4 Å². The van der Waals surface area contributed by atoms with E-state index in [2.05, 4.69) is 10.6 Å². The van der Waals surface area contributed by atoms with Crippen LogP contribution >= 0.6 is 0 Å². The molecule has 2 N–H and O–H groups in total. The van der Waals surface area contributed by atoms with E-state index in [-0.39, 0.29) is 28.5 Å². The molecule has 172 valence electrons. The Bertz CT molecular complexity index is 1410. The van der Waals surface area contributed by atoms with E-state index < -0.39 is 24.5 Å². The predicted molar refractivity (Wildman–Crippen MR) is 122 cm³/mol. The Morgan fingerprint density at radius 3 is 2.50 bits per heavy atom. The van der Waals surface area contributed by atoms with Gasteiger partial charge in [-0.3, -0.25) is 14.9 Å². The fourth-order valence-corrected chi connectivity index (χ4v) is 3.33. The van der Waals surface area contributed by atoms with Gasteiger partial charge in [-0.2, -0.15) is 0 Å². The minimum Gasteiger partial charge on any atom is -0.467 e. The van der Waals surface area contributed by atoms with E-state index in [0.717, 1.165) is 0 Å². The fraction of sp³-hybridized carbons (Fsp3) is 0.120. The van der Waals surface area contributed by atoms with Crippen molar-refractivity contribution in [2.24, 2.45) is 0 Å². The highest BCUT2D eigenvalue weighted by Gasteiger charge is 2.20. The summed E-state index contributed by atoms with van der Waals surface area (Å²) in [5.74, 6) is -0.850. The van der Waals surface area contributed by atoms with E-state index in [9.17, 15) is 19.2 Å². The Morgan fingerprint density at radius 1 is 0.971 bits per heavy atom. The molecular weight excluding hydrogens is 440 g/mol. The van der Waals surface area contributed by atoms with Gasteiger partial charge in [-0.15, -0.1) is 0 Å². The van der Waals surface area contributed by atoms with Crippen molar-refractivity contribution in [3.63, 3.8) is 0 Å². The van der Waals surface area contributed by atoms with Crippen molar-refractivity contribution in [2.45, 2.75) is 13.5 Å². The minimum atomic E-state index is -0.872. The molecule has 0 aliphatic carbocycles. The number of carbonyl (C=O) groups excluding carboxylic acids is 3. The molecule has 0 fully saturated rings. The van der Waals surface area contributed by atoms with Gasteiger partial charge < -0.3 is 18.9 Å². The van der Waals surface area contributed by atoms with Gasteiger partial charge in [0.25, 0.3) is 5.91 Å². The topological polar surface area (TPSA) is 128 Å². The average Bonchev–Trinajstić information content (AvgIpc) is 3.37. The highest BCUT2D eigenvalue weighted by Crippen LogP contribution is 2.27. The summed E-state index contributed by atoms with van der Waals surface area (Å²) < 4.78 is 16.1. The smallest absolute Gasteiger partial charge is 0.342 e. The Kier molecular flexibility index (Phi) is 6.54. The molecule has 0 saturated carbocycles. The third kappa shape index (κ3) is 4.88. The Labute approximate surface area is 193 Å². The third-order valence-electron chi connectivity index (χ3n) is 4.99. The van der Waals surface area contributed by atoms with Gasteiger partial charge in [0.15, 0.2) is 17.6 Å². The summed E-state index contributed by atoms with van der Waals surface area (Å²) in [6, 6.07) is 16.1. The number of nitrogens with one attached hydrogen (secondary N) is 2. The number of para-hydroxylation sites is 1. The Morgan fingerprint density at radius 2 is 1.76 bits per heavy atom. The zero-order valence-electron chi connectivity index (χ0n) is 18.1. The summed E-state index contributed by atoms with van der Waals surface area (Å²) in [4.78, 5) is 49.4. The highest BCUT2D eigenvalue weighted by atomic mass is 16.5. The van der Waals surface area contributed by atoms with E-state index in [1.807, 2.05) is 18.2 Å². The van der Waals surface area contributed by atoms with Crippen molar-refractivity contribution < 1.29 is 28.0 Å². The van der Waals surface area contributed by atoms with Gasteiger partial charge >= 0.3 is 12.0 Å². The molecule has 4 rings (SSSR count). The van der Waals surface area contributed by atoms with Crippen LogP contribution in [-0.2, 0) is 16.1 Å². The van der Waals surface area contributed by atoms with Crippen LogP contribution < -0.4 is 16.1 Å². The van der Waals surface area contributed by atoms with Crippen LogP contribution in [0.15, 0.2) is 80.6 Å². The van der Waals surface area contributed by atoms with Gasteiger partial charge in [0, 0.05) is 11.1 Å². The molecule has 0 radical (unpaired) electrons. The number of imide groups is 1. The minimum absolute atomic E-state index is 0.0122. The molecule has 0 aliphatic heterocycles. The van der Waals surface area contributed by atoms with E-state index in [0.29, 0.717) is 22.6 Å². The summed E-state index contributed by atoms with van der Waals surface area (Å²) >= 11 is 0. The van der Waals surface area contributed by atoms with Crippen molar-refractivity contribution in [2.75, 3.05) is 6.61 Å². The van der Waals surface area contributed by atoms with Gasteiger partial charge in [-0.05, 0) is 31.2 Å². The highest BCUT2D eigenvalue weighted by molar-refractivity contribution is 6.03. The van der Waals surface area contributed by atoms with Crippen LogP contribution in [0, 0.1) is 6.92 Å². The van der Waals surface area contributed by atoms with E-state index >= 15 is 0 Å². The molecule has 4 aromatic rings. The molecule has 9 nitrogen and oxygen atoms in total. The number of esters is 1. The molecule has 0 aliphatic rings. The maximum atomic E-state index is 12.9. The lowest BCUT2D eigenvalue weighted by molar-refractivity contribution is -0.123. The Hall–Kier alpha value is -4.66. The molecule has 34 heavy (non-hydrogen) atoms. The fourth-order valence-electron chi connectivity index (χ4n) is 3.33. The largest absolute Gasteiger partial charge is 0.467 e. The van der Waals surface area contributed by atoms with Crippen LogP contribution in [0.4, 0.5) is 4.79 Å². The summed E-state index contributed by atoms with van der Waals surface area (Å²) in [6.07, 6.45) is 1.46. The third-order valence-corrected chi connectivity index (χ3v) is 4.99. The lowest BCUT2D eigenvalue weighted by Crippen LogP contribution is -2.41. The lowest BCUT2D eigenvalue weighted by Gasteiger charge is -2.10. The zero-order valence-corrected chi connectivity index (χ0v) is 18.1. The van der Waals surface area contributed by atoms with Crippen LogP contribution in [0.2, 0.25) is 0 Å². The molecule has 2 heterocycles. The number of urea groups is 1. The number of hydrogen-bond acceptors (Lipinski definition) is 7. The van der Waals surface area contributed by atoms with Crippen LogP contribution in [0.3, 0.4) is 0 Å². The van der Waals surface area contributed by atoms with Gasteiger partial charge in [-0.25, -0.2) is 9.59 Å². The molecule has 0 atom stereocenters. The van der Waals surface area contributed by atoms with Gasteiger partial charge in [0.1, 0.15) is 17.1 Å². The number of fused-ring (bicyclic) bond motifs is 1. The molecule has 9 heteroatoms. The first-order valence-corrected chi connectivity index (χ1v) is 10.3. The van der Waals surface area contributed by atoms with Crippen LogP contribution in [0.1, 0.15) is 21.7 Å². The van der Waals surface area contributed by atoms with E-state index in [4.69, 9.17) is 13.6 Å². The monoisotopic (exact) mass is 460 g/mol. The standard InChI is InChI=1S/C25H20N2O7/c1-15-21(29)18-10-5-11-19(23(18)34-22(15)16-7-3-2-4-8-16)24(30)33-14-20(28)27-25(31)26-13-17-9-6-12-32-17/h2-12H,13-14H2,1H3,(H2,26,27,28,31). The normalized spacial score (nSPS) is 10.6. The number of benzene rings is 2. The quantitative estimate of drug-likeness (QED) is 0.421. The molecule has 0 saturated heterocycles. The van der Waals surface area contributed by atoms with Crippen molar-refractivity contribution >= 4 is 28.9 Å². The molecule has 2 aromatic heterocycles. The van der Waals surface area contributed by atoms with Gasteiger partial charge in [0.05, 0.1) is 18.2 Å². The van der Waals surface area contributed by atoms with Crippen LogP contribution in [0.5, 0.6) is 0 Å². The summed E-state index contributed by atoms with van der Waals surface area (Å²) in [6.45, 7) is 1.04. The summed E-state index contributed by atoms with van der Waals surface area (Å²) in [5.41, 5.74) is 0.854. The van der Waals surface area contributed by atoms with Crippen molar-refractivity contribution in [3.05, 3.63) is 94.0 Å². The number of ether oxygens (including phenoxy) is 1. The van der Waals surface area contributed by atoms with Gasteiger partial charge in [0.2, 0.25) is 0 Å². The SMILES string of the molecule is Cc1c(-c2ccccc2)oc2c(C(=O)OCC(=O)NC(=O)NCc3ccco3)cccc2c1=O. The second kappa shape index (κ2) is 9.86. The maximum Gasteiger partial charge on any atom is 0.342 e. The molecule has 3 amide bonds. The number of rotatable bonds is 6. The lowest BCUT2D eigenvalue weighted by atomic mass is 10.0. The number of amides is 3. The van der Waals surface area contributed by atoms with Crippen molar-refractivity contribution in [1.29, 1.82) is 0 Å². The van der Waals surface area contributed by atoms with Crippen molar-refractivity contribution in [3.8, 4) is 11.3 Å². The molecule has 0 spiro atoms. The zero-order chi connectivity index (χ0) is 24.1. The first-order valence-electron chi connectivity index (χ1n) is 10.3. The second-order valence-electron chi connectivity index (χ2n) is 7.32. The summed E-state index contributed by atoms with van der Waals surface area (Å²) in [5, 5.41) is 4.71. The number of hydrogen-bond donors (Lipinski definition) is 2. The van der Waals surface area contributed by atoms with Crippen LogP contribution in [0.25, 0.3) is 22.3 Å². The second-order valence-corrected chi connectivity index (χ2v) is 7.32. The molecular formula is C25H20N2O7.